The Bertz CT molecular complexity index is 233. The highest BCUT2D eigenvalue weighted by molar-refractivity contribution is 9.09. The fourth-order valence-electron chi connectivity index (χ4n) is 4.05. The SMILES string of the molecule is OC1C2CC3CN(CCCBr)C1C3C2. The van der Waals surface area contributed by atoms with Gasteiger partial charge in [-0.3, -0.25) is 4.90 Å². The van der Waals surface area contributed by atoms with Crippen LogP contribution in [0.3, 0.4) is 0 Å². The van der Waals surface area contributed by atoms with Crippen molar-refractivity contribution in [2.75, 3.05) is 18.4 Å². The standard InChI is InChI=1S/C11H18BrNO/c12-2-1-3-13-6-8-4-7-5-9(8)10(13)11(7)14/h7-11,14H,1-6H2. The summed E-state index contributed by atoms with van der Waals surface area (Å²) in [5.41, 5.74) is 0. The Labute approximate surface area is 93.8 Å². The monoisotopic (exact) mass is 259 g/mol. The number of aliphatic hydroxyl groups is 1. The van der Waals surface area contributed by atoms with E-state index in [2.05, 4.69) is 20.8 Å². The number of hydrogen-bond acceptors (Lipinski definition) is 2. The molecular weight excluding hydrogens is 242 g/mol. The molecule has 3 aliphatic rings. The summed E-state index contributed by atoms with van der Waals surface area (Å²) in [6.45, 7) is 2.43. The molecule has 5 unspecified atom stereocenters. The van der Waals surface area contributed by atoms with Crippen molar-refractivity contribution in [3.8, 4) is 0 Å². The van der Waals surface area contributed by atoms with Crippen molar-refractivity contribution in [1.29, 1.82) is 0 Å². The number of likely N-dealkylation sites (tertiary alicyclic amines) is 1. The zero-order valence-corrected chi connectivity index (χ0v) is 9.99. The van der Waals surface area contributed by atoms with E-state index in [0.717, 1.165) is 17.2 Å². The first-order valence-electron chi connectivity index (χ1n) is 5.79. The Morgan fingerprint density at radius 1 is 1.29 bits per heavy atom. The van der Waals surface area contributed by atoms with Crippen molar-refractivity contribution < 1.29 is 5.11 Å². The summed E-state index contributed by atoms with van der Waals surface area (Å²) in [5.74, 6) is 2.40. The van der Waals surface area contributed by atoms with Gasteiger partial charge in [-0.15, -0.1) is 0 Å². The van der Waals surface area contributed by atoms with Gasteiger partial charge in [-0.2, -0.15) is 0 Å². The maximum Gasteiger partial charge on any atom is 0.0726 e. The smallest absolute Gasteiger partial charge is 0.0726 e. The lowest BCUT2D eigenvalue weighted by Crippen LogP contribution is -2.41. The number of hydrogen-bond donors (Lipinski definition) is 1. The highest BCUT2D eigenvalue weighted by Gasteiger charge is 2.58. The van der Waals surface area contributed by atoms with Gasteiger partial charge in [0.1, 0.15) is 0 Å². The van der Waals surface area contributed by atoms with Crippen molar-refractivity contribution in [2.24, 2.45) is 17.8 Å². The van der Waals surface area contributed by atoms with Gasteiger partial charge in [0.15, 0.2) is 0 Å². The van der Waals surface area contributed by atoms with Crippen molar-refractivity contribution in [3.63, 3.8) is 0 Å². The van der Waals surface area contributed by atoms with E-state index in [1.165, 1.54) is 32.4 Å². The minimum Gasteiger partial charge on any atom is -0.391 e. The molecule has 0 aromatic carbocycles. The molecule has 0 aromatic rings. The van der Waals surface area contributed by atoms with Crippen LogP contribution < -0.4 is 0 Å². The van der Waals surface area contributed by atoms with Crippen LogP contribution in [-0.4, -0.2) is 40.6 Å². The summed E-state index contributed by atoms with van der Waals surface area (Å²) in [5, 5.41) is 11.2. The summed E-state index contributed by atoms with van der Waals surface area (Å²) in [7, 11) is 0. The second-order valence-corrected chi connectivity index (χ2v) is 5.97. The fraction of sp³-hybridized carbons (Fsp3) is 1.00. The first-order chi connectivity index (χ1) is 6.81. The molecule has 2 nitrogen and oxygen atoms in total. The summed E-state index contributed by atoms with van der Waals surface area (Å²) in [6.07, 6.45) is 3.82. The second-order valence-electron chi connectivity index (χ2n) is 5.17. The molecule has 80 valence electrons. The zero-order chi connectivity index (χ0) is 9.71. The molecule has 14 heavy (non-hydrogen) atoms. The summed E-state index contributed by atoms with van der Waals surface area (Å²) in [4.78, 5) is 2.55. The van der Waals surface area contributed by atoms with Gasteiger partial charge in [0.05, 0.1) is 6.10 Å². The quantitative estimate of drug-likeness (QED) is 0.777. The van der Waals surface area contributed by atoms with E-state index in [9.17, 15) is 5.11 Å². The molecule has 5 atom stereocenters. The Kier molecular flexibility index (Phi) is 2.38. The van der Waals surface area contributed by atoms with Crippen LogP contribution in [0.15, 0.2) is 0 Å². The van der Waals surface area contributed by atoms with Crippen LogP contribution in [0.2, 0.25) is 0 Å². The van der Waals surface area contributed by atoms with Gasteiger partial charge in [-0.1, -0.05) is 15.9 Å². The van der Waals surface area contributed by atoms with Crippen LogP contribution in [0, 0.1) is 17.8 Å². The van der Waals surface area contributed by atoms with Gasteiger partial charge in [-0.05, 0) is 43.6 Å². The summed E-state index contributed by atoms with van der Waals surface area (Å²) < 4.78 is 0. The number of alkyl halides is 1. The molecule has 1 aliphatic heterocycles. The molecule has 2 aliphatic carbocycles. The van der Waals surface area contributed by atoms with Gasteiger partial charge < -0.3 is 5.11 Å². The molecule has 0 aromatic heterocycles. The van der Waals surface area contributed by atoms with E-state index in [1.54, 1.807) is 0 Å². The predicted molar refractivity (Wildman–Crippen MR) is 59.5 cm³/mol. The molecule has 0 radical (unpaired) electrons. The van der Waals surface area contributed by atoms with Gasteiger partial charge in [-0.25, -0.2) is 0 Å². The Morgan fingerprint density at radius 2 is 2.14 bits per heavy atom. The Morgan fingerprint density at radius 3 is 2.86 bits per heavy atom. The van der Waals surface area contributed by atoms with E-state index >= 15 is 0 Å². The largest absolute Gasteiger partial charge is 0.391 e. The number of halogens is 1. The zero-order valence-electron chi connectivity index (χ0n) is 8.40. The predicted octanol–water partition coefficient (Wildman–Crippen LogP) is 1.47. The fourth-order valence-corrected chi connectivity index (χ4v) is 4.30. The molecule has 2 bridgehead atoms. The van der Waals surface area contributed by atoms with Crippen molar-refractivity contribution >= 4 is 15.9 Å². The van der Waals surface area contributed by atoms with Crippen LogP contribution in [0.1, 0.15) is 19.3 Å². The Balaban J connectivity index is 1.72. The average molecular weight is 260 g/mol. The second kappa shape index (κ2) is 3.46. The first-order valence-corrected chi connectivity index (χ1v) is 6.91. The molecule has 0 amide bonds. The van der Waals surface area contributed by atoms with Crippen LogP contribution in [0.5, 0.6) is 0 Å². The van der Waals surface area contributed by atoms with Crippen LogP contribution >= 0.6 is 15.9 Å². The minimum atomic E-state index is -0.00549. The van der Waals surface area contributed by atoms with Gasteiger partial charge in [0.2, 0.25) is 0 Å². The molecule has 0 spiro atoms. The first kappa shape index (κ1) is 9.61. The molecule has 1 heterocycles. The third kappa shape index (κ3) is 1.22. The van der Waals surface area contributed by atoms with E-state index in [1.807, 2.05) is 0 Å². The van der Waals surface area contributed by atoms with Crippen LogP contribution in [0.25, 0.3) is 0 Å². The van der Waals surface area contributed by atoms with Crippen LogP contribution in [-0.2, 0) is 0 Å². The van der Waals surface area contributed by atoms with E-state index in [-0.39, 0.29) is 6.10 Å². The molecule has 1 N–H and O–H groups in total. The molecule has 3 rings (SSSR count). The third-order valence-electron chi connectivity index (χ3n) is 4.53. The topological polar surface area (TPSA) is 23.5 Å². The number of rotatable bonds is 3. The van der Waals surface area contributed by atoms with Crippen molar-refractivity contribution in [2.45, 2.75) is 31.4 Å². The summed E-state index contributed by atoms with van der Waals surface area (Å²) in [6, 6.07) is 0.526. The lowest BCUT2D eigenvalue weighted by atomic mass is 9.88. The molecule has 2 saturated carbocycles. The number of aliphatic hydroxyl groups excluding tert-OH is 1. The molecular formula is C11H18BrNO. The summed E-state index contributed by atoms with van der Waals surface area (Å²) >= 11 is 3.48. The van der Waals surface area contributed by atoms with Crippen molar-refractivity contribution in [3.05, 3.63) is 0 Å². The van der Waals surface area contributed by atoms with E-state index in [4.69, 9.17) is 0 Å². The maximum atomic E-state index is 10.1. The average Bonchev–Trinajstić information content (AvgIpc) is 2.74. The van der Waals surface area contributed by atoms with Gasteiger partial charge in [0, 0.05) is 17.9 Å². The number of fused-ring (bicyclic) bond motifs is 1. The lowest BCUT2D eigenvalue weighted by Gasteiger charge is -2.28. The third-order valence-corrected chi connectivity index (χ3v) is 5.09. The van der Waals surface area contributed by atoms with E-state index in [0.29, 0.717) is 12.0 Å². The minimum absolute atomic E-state index is 0.00549. The number of nitrogens with zero attached hydrogens (tertiary/aromatic N) is 1. The van der Waals surface area contributed by atoms with Gasteiger partial charge in [0.25, 0.3) is 0 Å². The van der Waals surface area contributed by atoms with E-state index < -0.39 is 0 Å². The van der Waals surface area contributed by atoms with Crippen molar-refractivity contribution in [1.82, 2.24) is 4.90 Å². The normalized spacial score (nSPS) is 50.6. The molecule has 3 heteroatoms. The maximum absolute atomic E-state index is 10.1. The highest BCUT2D eigenvalue weighted by atomic mass is 79.9. The highest BCUT2D eigenvalue weighted by Crippen LogP contribution is 2.54. The van der Waals surface area contributed by atoms with Crippen LogP contribution in [0.4, 0.5) is 0 Å². The lowest BCUT2D eigenvalue weighted by molar-refractivity contribution is 0.0512. The molecule has 3 fully saturated rings. The Hall–Kier alpha value is 0.400. The van der Waals surface area contributed by atoms with Gasteiger partial charge >= 0.3 is 0 Å². The molecule has 1 saturated heterocycles.